The van der Waals surface area contributed by atoms with Crippen molar-refractivity contribution < 1.29 is 0 Å². The second-order valence-corrected chi connectivity index (χ2v) is 5.56. The van der Waals surface area contributed by atoms with Crippen molar-refractivity contribution in [3.63, 3.8) is 0 Å². The number of aromatic nitrogens is 4. The van der Waals surface area contributed by atoms with Gasteiger partial charge in [-0.05, 0) is 25.7 Å². The lowest BCUT2D eigenvalue weighted by atomic mass is 10.1. The molecule has 0 bridgehead atoms. The van der Waals surface area contributed by atoms with Gasteiger partial charge in [-0.3, -0.25) is 14.3 Å². The van der Waals surface area contributed by atoms with Crippen molar-refractivity contribution in [2.75, 3.05) is 0 Å². The van der Waals surface area contributed by atoms with Crippen LogP contribution in [0.5, 0.6) is 0 Å². The van der Waals surface area contributed by atoms with E-state index >= 15 is 0 Å². The van der Waals surface area contributed by atoms with E-state index < -0.39 is 5.69 Å². The molecule has 0 saturated heterocycles. The van der Waals surface area contributed by atoms with Crippen LogP contribution in [0.2, 0.25) is 0 Å². The lowest BCUT2D eigenvalue weighted by Gasteiger charge is -2.01. The van der Waals surface area contributed by atoms with Gasteiger partial charge in [-0.2, -0.15) is 0 Å². The third-order valence-corrected chi connectivity index (χ3v) is 3.90. The van der Waals surface area contributed by atoms with Crippen molar-refractivity contribution in [2.45, 2.75) is 45.4 Å². The molecule has 2 rings (SSSR count). The Morgan fingerprint density at radius 3 is 2.59 bits per heavy atom. The number of hydrogen-bond acceptors (Lipinski definition) is 3. The molecule has 6 heteroatoms. The second kappa shape index (κ2) is 7.24. The number of nitrogens with one attached hydrogen (secondary N) is 1. The van der Waals surface area contributed by atoms with Gasteiger partial charge in [0, 0.05) is 20.5 Å². The Balaban J connectivity index is 2.07. The summed E-state index contributed by atoms with van der Waals surface area (Å²) in [5.74, 6) is 0.853. The molecule has 22 heavy (non-hydrogen) atoms. The smallest absolute Gasteiger partial charge is 0.325 e. The van der Waals surface area contributed by atoms with Crippen molar-refractivity contribution in [3.8, 4) is 0 Å². The first kappa shape index (κ1) is 16.3. The highest BCUT2D eigenvalue weighted by Crippen LogP contribution is 2.12. The molecule has 0 aliphatic heterocycles. The van der Waals surface area contributed by atoms with Crippen molar-refractivity contribution in [3.05, 3.63) is 38.8 Å². The molecule has 0 saturated carbocycles. The van der Waals surface area contributed by atoms with Crippen LogP contribution >= 0.6 is 0 Å². The van der Waals surface area contributed by atoms with Crippen molar-refractivity contribution in [1.29, 1.82) is 0 Å². The van der Waals surface area contributed by atoms with E-state index in [1.165, 1.54) is 11.0 Å². The van der Waals surface area contributed by atoms with E-state index in [0.29, 0.717) is 11.2 Å². The van der Waals surface area contributed by atoms with Crippen LogP contribution in [-0.4, -0.2) is 19.1 Å². The van der Waals surface area contributed by atoms with Gasteiger partial charge < -0.3 is 4.57 Å². The fourth-order valence-electron chi connectivity index (χ4n) is 2.58. The maximum absolute atomic E-state index is 11.9. The lowest BCUT2D eigenvalue weighted by Crippen LogP contribution is -2.29. The summed E-state index contributed by atoms with van der Waals surface area (Å²) >= 11 is 0. The Morgan fingerprint density at radius 1 is 1.09 bits per heavy atom. The van der Waals surface area contributed by atoms with Crippen LogP contribution in [0.25, 0.3) is 11.2 Å². The van der Waals surface area contributed by atoms with Gasteiger partial charge >= 0.3 is 5.69 Å². The van der Waals surface area contributed by atoms with Crippen LogP contribution < -0.4 is 11.2 Å². The molecule has 0 amide bonds. The number of nitrogens with zero attached hydrogens (tertiary/aromatic N) is 3. The van der Waals surface area contributed by atoms with E-state index in [9.17, 15) is 9.59 Å². The largest absolute Gasteiger partial charge is 0.329 e. The summed E-state index contributed by atoms with van der Waals surface area (Å²) in [4.78, 5) is 30.3. The number of fused-ring (bicyclic) bond motifs is 1. The molecule has 0 radical (unpaired) electrons. The molecule has 0 fully saturated rings. The normalized spacial score (nSPS) is 11.8. The highest BCUT2D eigenvalue weighted by Gasteiger charge is 2.14. The number of aryl methyl sites for hydroxylation is 3. The van der Waals surface area contributed by atoms with Crippen LogP contribution in [0.3, 0.4) is 0 Å². The Labute approximate surface area is 129 Å². The van der Waals surface area contributed by atoms with Gasteiger partial charge in [-0.25, -0.2) is 9.78 Å². The summed E-state index contributed by atoms with van der Waals surface area (Å²) < 4.78 is 3.18. The Kier molecular flexibility index (Phi) is 5.35. The lowest BCUT2D eigenvalue weighted by molar-refractivity contribution is 0.655. The summed E-state index contributed by atoms with van der Waals surface area (Å²) in [6.07, 6.45) is 10.8. The van der Waals surface area contributed by atoms with Crippen molar-refractivity contribution >= 4 is 11.2 Å². The molecule has 2 aromatic rings. The number of unbranched alkanes of at least 4 members (excludes halogenated alkanes) is 3. The molecule has 2 heterocycles. The van der Waals surface area contributed by atoms with Gasteiger partial charge in [-0.15, -0.1) is 0 Å². The predicted octanol–water partition coefficient (Wildman–Crippen LogP) is 2.03. The van der Waals surface area contributed by atoms with Gasteiger partial charge in [0.05, 0.1) is 0 Å². The number of H-pyrrole nitrogens is 1. The molecule has 0 atom stereocenters. The first-order valence-electron chi connectivity index (χ1n) is 7.85. The summed E-state index contributed by atoms with van der Waals surface area (Å²) in [6, 6.07) is 0. The van der Waals surface area contributed by atoms with E-state index in [1.54, 1.807) is 11.6 Å². The minimum absolute atomic E-state index is 0.371. The average molecular weight is 304 g/mol. The van der Waals surface area contributed by atoms with Crippen molar-refractivity contribution in [2.24, 2.45) is 14.1 Å². The zero-order chi connectivity index (χ0) is 16.1. The van der Waals surface area contributed by atoms with Gasteiger partial charge in [0.2, 0.25) is 0 Å². The van der Waals surface area contributed by atoms with E-state index in [2.05, 4.69) is 29.0 Å². The van der Waals surface area contributed by atoms with Crippen LogP contribution in [0, 0.1) is 0 Å². The molecular formula is C16H24N4O2. The van der Waals surface area contributed by atoms with E-state index in [-0.39, 0.29) is 5.56 Å². The molecule has 6 nitrogen and oxygen atoms in total. The zero-order valence-electron chi connectivity index (χ0n) is 13.6. The van der Waals surface area contributed by atoms with Crippen LogP contribution in [0.15, 0.2) is 21.7 Å². The summed E-state index contributed by atoms with van der Waals surface area (Å²) in [5, 5.41) is 0. The predicted molar refractivity (Wildman–Crippen MR) is 88.2 cm³/mol. The SMILES string of the molecule is CCC=CCCCCCc1nc2c(c(=O)[nH]c(=O)n2C)n1C. The molecule has 2 aromatic heterocycles. The van der Waals surface area contributed by atoms with E-state index in [1.807, 2.05) is 7.05 Å². The average Bonchev–Trinajstić information content (AvgIpc) is 2.82. The molecule has 1 N–H and O–H groups in total. The molecule has 0 aliphatic carbocycles. The third-order valence-electron chi connectivity index (χ3n) is 3.90. The van der Waals surface area contributed by atoms with E-state index in [4.69, 9.17) is 0 Å². The quantitative estimate of drug-likeness (QED) is 0.628. The number of imidazole rings is 1. The van der Waals surface area contributed by atoms with Crippen LogP contribution in [0.1, 0.15) is 44.9 Å². The minimum Gasteiger partial charge on any atom is -0.325 e. The molecule has 0 aromatic carbocycles. The number of hydrogen-bond donors (Lipinski definition) is 1. The Morgan fingerprint density at radius 2 is 1.86 bits per heavy atom. The highest BCUT2D eigenvalue weighted by atomic mass is 16.2. The van der Waals surface area contributed by atoms with Gasteiger partial charge in [0.15, 0.2) is 11.2 Å². The van der Waals surface area contributed by atoms with Crippen LogP contribution in [-0.2, 0) is 20.5 Å². The van der Waals surface area contributed by atoms with Gasteiger partial charge in [0.25, 0.3) is 5.56 Å². The first-order valence-corrected chi connectivity index (χ1v) is 7.85. The molecule has 0 spiro atoms. The summed E-state index contributed by atoms with van der Waals surface area (Å²) in [6.45, 7) is 2.14. The standard InChI is InChI=1S/C16H24N4O2/c1-4-5-6-7-8-9-10-11-12-17-14-13(19(12)2)15(21)18-16(22)20(14)3/h5-6H,4,7-11H2,1-3H3,(H,18,21,22). The number of allylic oxidation sites excluding steroid dienone is 2. The topological polar surface area (TPSA) is 72.7 Å². The van der Waals surface area contributed by atoms with Crippen LogP contribution in [0.4, 0.5) is 0 Å². The number of aromatic amines is 1. The maximum atomic E-state index is 11.9. The van der Waals surface area contributed by atoms with E-state index in [0.717, 1.165) is 37.9 Å². The maximum Gasteiger partial charge on any atom is 0.329 e. The number of rotatable bonds is 7. The highest BCUT2D eigenvalue weighted by molar-refractivity contribution is 5.70. The Bertz CT molecular complexity index is 780. The van der Waals surface area contributed by atoms with Gasteiger partial charge in [0.1, 0.15) is 5.82 Å². The zero-order valence-corrected chi connectivity index (χ0v) is 13.6. The fraction of sp³-hybridized carbons (Fsp3) is 0.562. The monoisotopic (exact) mass is 304 g/mol. The molecule has 0 aliphatic rings. The Hall–Kier alpha value is -2.11. The van der Waals surface area contributed by atoms with Gasteiger partial charge in [-0.1, -0.05) is 25.5 Å². The second-order valence-electron chi connectivity index (χ2n) is 5.56. The van der Waals surface area contributed by atoms with Crippen molar-refractivity contribution in [1.82, 2.24) is 19.1 Å². The molecule has 0 unspecified atom stereocenters. The molecular weight excluding hydrogens is 280 g/mol. The first-order chi connectivity index (χ1) is 10.6. The minimum atomic E-state index is -0.426. The summed E-state index contributed by atoms with van der Waals surface area (Å²) in [5.41, 5.74) is 0.119. The molecule has 120 valence electrons. The fourth-order valence-corrected chi connectivity index (χ4v) is 2.58. The third kappa shape index (κ3) is 3.37. The summed E-state index contributed by atoms with van der Waals surface area (Å²) in [7, 11) is 3.45.